The first kappa shape index (κ1) is 16.1. The zero-order valence-electron chi connectivity index (χ0n) is 14.0. The highest BCUT2D eigenvalue weighted by atomic mass is 16.5. The van der Waals surface area contributed by atoms with Crippen LogP contribution in [-0.4, -0.2) is 49.3 Å². The summed E-state index contributed by atoms with van der Waals surface area (Å²) in [7, 11) is 0. The summed E-state index contributed by atoms with van der Waals surface area (Å²) in [6, 6.07) is 8.03. The van der Waals surface area contributed by atoms with Crippen LogP contribution in [0.4, 0.5) is 5.69 Å². The fraction of sp³-hybridized carbons (Fsp3) is 0.611. The van der Waals surface area contributed by atoms with Crippen molar-refractivity contribution < 1.29 is 14.3 Å². The fourth-order valence-corrected chi connectivity index (χ4v) is 3.13. The molecule has 2 saturated heterocycles. The zero-order chi connectivity index (χ0) is 16.2. The number of rotatable bonds is 6. The van der Waals surface area contributed by atoms with E-state index in [1.807, 2.05) is 29.2 Å². The van der Waals surface area contributed by atoms with Gasteiger partial charge in [-0.1, -0.05) is 0 Å². The number of amides is 1. The van der Waals surface area contributed by atoms with E-state index in [0.29, 0.717) is 12.5 Å². The molecular formula is C18H26N2O3. The number of benzene rings is 1. The normalized spacial score (nSPS) is 24.5. The average Bonchev–Trinajstić information content (AvgIpc) is 3.17. The van der Waals surface area contributed by atoms with Crippen molar-refractivity contribution in [3.05, 3.63) is 24.3 Å². The SMILES string of the molecule is CC(C)N1CC[C@@H](Nc2ccc(OC[C@H]3CCOC3)cc2)C1=O. The molecule has 0 aliphatic carbocycles. The molecule has 0 aromatic heterocycles. The first-order valence-corrected chi connectivity index (χ1v) is 8.51. The van der Waals surface area contributed by atoms with E-state index in [0.717, 1.165) is 44.0 Å². The van der Waals surface area contributed by atoms with Gasteiger partial charge in [0, 0.05) is 30.8 Å². The standard InChI is InChI=1S/C18H26N2O3/c1-13(2)20-9-7-17(18(20)21)19-15-3-5-16(6-4-15)23-12-14-8-10-22-11-14/h3-6,13-14,17,19H,7-12H2,1-2H3/t14-,17+/m0/s1. The Morgan fingerprint density at radius 1 is 1.30 bits per heavy atom. The third-order valence-corrected chi connectivity index (χ3v) is 4.57. The van der Waals surface area contributed by atoms with E-state index in [9.17, 15) is 4.79 Å². The maximum absolute atomic E-state index is 12.3. The smallest absolute Gasteiger partial charge is 0.245 e. The first-order valence-electron chi connectivity index (χ1n) is 8.51. The van der Waals surface area contributed by atoms with Gasteiger partial charge in [0.2, 0.25) is 5.91 Å². The molecule has 2 aliphatic heterocycles. The lowest BCUT2D eigenvalue weighted by Gasteiger charge is -2.21. The van der Waals surface area contributed by atoms with Crippen LogP contribution in [0.15, 0.2) is 24.3 Å². The first-order chi connectivity index (χ1) is 11.1. The highest BCUT2D eigenvalue weighted by Gasteiger charge is 2.32. The molecule has 2 heterocycles. The quantitative estimate of drug-likeness (QED) is 0.876. The summed E-state index contributed by atoms with van der Waals surface area (Å²) < 4.78 is 11.2. The Balaban J connectivity index is 1.50. The topological polar surface area (TPSA) is 50.8 Å². The molecule has 1 aromatic carbocycles. The van der Waals surface area contributed by atoms with E-state index in [1.165, 1.54) is 0 Å². The van der Waals surface area contributed by atoms with Crippen LogP contribution in [0.2, 0.25) is 0 Å². The van der Waals surface area contributed by atoms with Crippen molar-refractivity contribution in [2.75, 3.05) is 31.7 Å². The number of nitrogens with zero attached hydrogens (tertiary/aromatic N) is 1. The van der Waals surface area contributed by atoms with E-state index >= 15 is 0 Å². The number of carbonyl (C=O) groups excluding carboxylic acids is 1. The van der Waals surface area contributed by atoms with Crippen molar-refractivity contribution in [2.24, 2.45) is 5.92 Å². The third-order valence-electron chi connectivity index (χ3n) is 4.57. The van der Waals surface area contributed by atoms with Crippen molar-refractivity contribution in [1.29, 1.82) is 0 Å². The Kier molecular flexibility index (Phi) is 5.06. The summed E-state index contributed by atoms with van der Waals surface area (Å²) in [6.07, 6.45) is 1.94. The number of ether oxygens (including phenoxy) is 2. The second kappa shape index (κ2) is 7.21. The number of hydrogen-bond acceptors (Lipinski definition) is 4. The van der Waals surface area contributed by atoms with Gasteiger partial charge in [0.05, 0.1) is 13.2 Å². The molecule has 5 nitrogen and oxygen atoms in total. The van der Waals surface area contributed by atoms with Crippen LogP contribution in [-0.2, 0) is 9.53 Å². The molecule has 0 saturated carbocycles. The Bertz CT molecular complexity index is 524. The van der Waals surface area contributed by atoms with Gasteiger partial charge in [-0.25, -0.2) is 0 Å². The molecule has 2 aliphatic rings. The van der Waals surface area contributed by atoms with Crippen LogP contribution in [0.25, 0.3) is 0 Å². The number of likely N-dealkylation sites (tertiary alicyclic amines) is 1. The van der Waals surface area contributed by atoms with Crippen LogP contribution >= 0.6 is 0 Å². The maximum atomic E-state index is 12.3. The van der Waals surface area contributed by atoms with Gasteiger partial charge in [0.15, 0.2) is 0 Å². The van der Waals surface area contributed by atoms with Crippen molar-refractivity contribution >= 4 is 11.6 Å². The largest absolute Gasteiger partial charge is 0.493 e. The van der Waals surface area contributed by atoms with E-state index in [4.69, 9.17) is 9.47 Å². The molecule has 1 aromatic rings. The predicted molar refractivity (Wildman–Crippen MR) is 89.7 cm³/mol. The van der Waals surface area contributed by atoms with Gasteiger partial charge in [0.25, 0.3) is 0 Å². The van der Waals surface area contributed by atoms with E-state index in [-0.39, 0.29) is 18.0 Å². The zero-order valence-corrected chi connectivity index (χ0v) is 14.0. The minimum Gasteiger partial charge on any atom is -0.493 e. The Hall–Kier alpha value is -1.75. The predicted octanol–water partition coefficient (Wildman–Crippen LogP) is 2.52. The third kappa shape index (κ3) is 3.96. The minimum absolute atomic E-state index is 0.111. The number of nitrogens with one attached hydrogen (secondary N) is 1. The summed E-state index contributed by atoms with van der Waals surface area (Å²) in [5, 5.41) is 3.33. The molecule has 1 amide bonds. The maximum Gasteiger partial charge on any atom is 0.245 e. The number of hydrogen-bond donors (Lipinski definition) is 1. The molecule has 23 heavy (non-hydrogen) atoms. The Morgan fingerprint density at radius 3 is 2.70 bits per heavy atom. The highest BCUT2D eigenvalue weighted by Crippen LogP contribution is 2.22. The molecule has 126 valence electrons. The van der Waals surface area contributed by atoms with E-state index in [1.54, 1.807) is 0 Å². The fourth-order valence-electron chi connectivity index (χ4n) is 3.13. The second-order valence-corrected chi connectivity index (χ2v) is 6.68. The van der Waals surface area contributed by atoms with Crippen LogP contribution < -0.4 is 10.1 Å². The molecule has 1 N–H and O–H groups in total. The Labute approximate surface area is 137 Å². The number of carbonyl (C=O) groups is 1. The molecular weight excluding hydrogens is 292 g/mol. The molecule has 3 rings (SSSR count). The van der Waals surface area contributed by atoms with E-state index in [2.05, 4.69) is 19.2 Å². The molecule has 0 spiro atoms. The molecule has 5 heteroatoms. The van der Waals surface area contributed by atoms with Gasteiger partial charge in [-0.15, -0.1) is 0 Å². The van der Waals surface area contributed by atoms with Gasteiger partial charge >= 0.3 is 0 Å². The average molecular weight is 318 g/mol. The van der Waals surface area contributed by atoms with E-state index < -0.39 is 0 Å². The lowest BCUT2D eigenvalue weighted by Crippen LogP contribution is -2.37. The molecule has 2 fully saturated rings. The minimum atomic E-state index is -0.111. The van der Waals surface area contributed by atoms with Gasteiger partial charge in [0.1, 0.15) is 11.8 Å². The molecule has 0 bridgehead atoms. The molecule has 0 radical (unpaired) electrons. The highest BCUT2D eigenvalue weighted by molar-refractivity contribution is 5.87. The molecule has 2 atom stereocenters. The second-order valence-electron chi connectivity index (χ2n) is 6.68. The van der Waals surface area contributed by atoms with Gasteiger partial charge in [-0.3, -0.25) is 4.79 Å². The van der Waals surface area contributed by atoms with Crippen molar-refractivity contribution in [3.63, 3.8) is 0 Å². The van der Waals surface area contributed by atoms with Gasteiger partial charge in [-0.2, -0.15) is 0 Å². The summed E-state index contributed by atoms with van der Waals surface area (Å²) in [5.41, 5.74) is 0.963. The van der Waals surface area contributed by atoms with Crippen LogP contribution in [0.1, 0.15) is 26.7 Å². The summed E-state index contributed by atoms with van der Waals surface area (Å²) in [5.74, 6) is 1.57. The van der Waals surface area contributed by atoms with Crippen molar-refractivity contribution in [2.45, 2.75) is 38.8 Å². The van der Waals surface area contributed by atoms with Crippen molar-refractivity contribution in [3.8, 4) is 5.75 Å². The summed E-state index contributed by atoms with van der Waals surface area (Å²) in [6.45, 7) is 7.30. The van der Waals surface area contributed by atoms with Crippen LogP contribution in [0.3, 0.4) is 0 Å². The Morgan fingerprint density at radius 2 is 2.09 bits per heavy atom. The number of anilines is 1. The van der Waals surface area contributed by atoms with Gasteiger partial charge < -0.3 is 19.7 Å². The summed E-state index contributed by atoms with van der Waals surface area (Å²) in [4.78, 5) is 14.2. The molecule has 0 unspecified atom stereocenters. The van der Waals surface area contributed by atoms with Gasteiger partial charge in [-0.05, 0) is 51.0 Å². The summed E-state index contributed by atoms with van der Waals surface area (Å²) >= 11 is 0. The van der Waals surface area contributed by atoms with Crippen LogP contribution in [0, 0.1) is 5.92 Å². The van der Waals surface area contributed by atoms with Crippen LogP contribution in [0.5, 0.6) is 5.75 Å². The lowest BCUT2D eigenvalue weighted by atomic mass is 10.1. The van der Waals surface area contributed by atoms with Crippen molar-refractivity contribution in [1.82, 2.24) is 4.90 Å². The lowest BCUT2D eigenvalue weighted by molar-refractivity contribution is -0.129. The monoisotopic (exact) mass is 318 g/mol.